The lowest BCUT2D eigenvalue weighted by Crippen LogP contribution is -2.29. The van der Waals surface area contributed by atoms with Crippen molar-refractivity contribution in [2.24, 2.45) is 0 Å². The predicted octanol–water partition coefficient (Wildman–Crippen LogP) is 7.71. The fourth-order valence-corrected chi connectivity index (χ4v) is 5.81. The molecule has 0 aliphatic rings. The van der Waals surface area contributed by atoms with Crippen molar-refractivity contribution in [2.75, 3.05) is 5.32 Å². The van der Waals surface area contributed by atoms with Gasteiger partial charge in [-0.25, -0.2) is 9.48 Å². The zero-order chi connectivity index (χ0) is 30.8. The Bertz CT molecular complexity index is 1980. The molecule has 3 aromatic heterocycles. The highest BCUT2D eigenvalue weighted by Crippen LogP contribution is 2.33. The summed E-state index contributed by atoms with van der Waals surface area (Å²) in [6.07, 6.45) is 1.99. The topological polar surface area (TPSA) is 109 Å². The molecule has 0 bridgehead atoms. The minimum Gasteiger partial charge on any atom is -0.508 e. The highest BCUT2D eigenvalue weighted by molar-refractivity contribution is 7.99. The molecule has 0 atom stereocenters. The number of pyridine rings is 1. The van der Waals surface area contributed by atoms with E-state index in [0.29, 0.717) is 28.9 Å². The van der Waals surface area contributed by atoms with Crippen molar-refractivity contribution >= 4 is 40.9 Å². The molecule has 0 fully saturated rings. The van der Waals surface area contributed by atoms with Crippen LogP contribution >= 0.6 is 23.4 Å². The summed E-state index contributed by atoms with van der Waals surface area (Å²) < 4.78 is 3.56. The summed E-state index contributed by atoms with van der Waals surface area (Å²) in [5.74, 6) is 1.28. The molecular weight excluding hydrogens is 594 g/mol. The number of benzene rings is 3. The number of anilines is 1. The van der Waals surface area contributed by atoms with Crippen LogP contribution in [0.2, 0.25) is 5.02 Å². The number of halogens is 1. The second-order valence-corrected chi connectivity index (χ2v) is 12.7. The van der Waals surface area contributed by atoms with Gasteiger partial charge in [-0.3, -0.25) is 9.72 Å². The van der Waals surface area contributed by atoms with E-state index in [-0.39, 0.29) is 17.2 Å². The van der Waals surface area contributed by atoms with E-state index in [1.807, 2.05) is 83.4 Å². The standard InChI is InChI=1S/C33H30ClN7O2S/c1-33(2,3)28-18-30(41(39-28)22-10-8-11-23(42)17-22)36-32(43)35-19-21-9-4-7-14-27(21)44-24-15-16-29-37-38-31(40(29)20-24)25-12-5-6-13-26(25)34/h4-18,20,42H,19H2,1-3H3,(H2,35,36,43). The van der Waals surface area contributed by atoms with Crippen LogP contribution in [-0.4, -0.2) is 35.5 Å². The third-order valence-corrected chi connectivity index (χ3v) is 8.35. The van der Waals surface area contributed by atoms with Gasteiger partial charge in [0.25, 0.3) is 0 Å². The zero-order valence-electron chi connectivity index (χ0n) is 24.3. The first-order chi connectivity index (χ1) is 21.2. The Balaban J connectivity index is 1.20. The normalized spacial score (nSPS) is 11.5. The van der Waals surface area contributed by atoms with E-state index < -0.39 is 0 Å². The van der Waals surface area contributed by atoms with Gasteiger partial charge in [-0.05, 0) is 48.0 Å². The lowest BCUT2D eigenvalue weighted by atomic mass is 9.92. The molecule has 3 aromatic carbocycles. The van der Waals surface area contributed by atoms with E-state index in [0.717, 1.165) is 32.3 Å². The van der Waals surface area contributed by atoms with Gasteiger partial charge < -0.3 is 10.4 Å². The average Bonchev–Trinajstić information content (AvgIpc) is 3.61. The number of urea groups is 1. The molecule has 2 amide bonds. The number of carbonyl (C=O) groups excluding carboxylic acids is 1. The lowest BCUT2D eigenvalue weighted by Gasteiger charge is -2.14. The number of phenolic OH excluding ortho intramolecular Hbond substituents is 1. The molecule has 11 heteroatoms. The molecule has 44 heavy (non-hydrogen) atoms. The van der Waals surface area contributed by atoms with E-state index in [9.17, 15) is 9.90 Å². The molecular formula is C33H30ClN7O2S. The summed E-state index contributed by atoms with van der Waals surface area (Å²) in [6, 6.07) is 27.6. The molecule has 9 nitrogen and oxygen atoms in total. The first-order valence-corrected chi connectivity index (χ1v) is 15.2. The van der Waals surface area contributed by atoms with Crippen molar-refractivity contribution in [1.82, 2.24) is 29.7 Å². The van der Waals surface area contributed by atoms with Gasteiger partial charge in [0.1, 0.15) is 11.6 Å². The number of rotatable bonds is 7. The molecule has 6 rings (SSSR count). The van der Waals surface area contributed by atoms with Gasteiger partial charge in [-0.1, -0.05) is 80.5 Å². The summed E-state index contributed by atoms with van der Waals surface area (Å²) in [5.41, 5.74) is 3.69. The van der Waals surface area contributed by atoms with Crippen molar-refractivity contribution in [3.8, 4) is 22.8 Å². The molecule has 0 saturated carbocycles. The fraction of sp³-hybridized carbons (Fsp3) is 0.152. The third kappa shape index (κ3) is 6.27. The second-order valence-electron chi connectivity index (χ2n) is 11.2. The van der Waals surface area contributed by atoms with Crippen molar-refractivity contribution in [1.29, 1.82) is 0 Å². The molecule has 3 heterocycles. The predicted molar refractivity (Wildman–Crippen MR) is 174 cm³/mol. The number of nitrogens with zero attached hydrogens (tertiary/aromatic N) is 5. The summed E-state index contributed by atoms with van der Waals surface area (Å²) in [4.78, 5) is 15.1. The van der Waals surface area contributed by atoms with Gasteiger partial charge in [0.2, 0.25) is 0 Å². The fourth-order valence-electron chi connectivity index (χ4n) is 4.63. The second kappa shape index (κ2) is 12.1. The molecule has 0 aliphatic heterocycles. The molecule has 0 spiro atoms. The average molecular weight is 624 g/mol. The highest BCUT2D eigenvalue weighted by atomic mass is 35.5. The van der Waals surface area contributed by atoms with Crippen LogP contribution in [0.25, 0.3) is 22.7 Å². The smallest absolute Gasteiger partial charge is 0.320 e. The van der Waals surface area contributed by atoms with Crippen LogP contribution in [0.15, 0.2) is 107 Å². The number of nitrogens with one attached hydrogen (secondary N) is 2. The summed E-state index contributed by atoms with van der Waals surface area (Å²) in [7, 11) is 0. The number of fused-ring (bicyclic) bond motifs is 1. The summed E-state index contributed by atoms with van der Waals surface area (Å²) in [6.45, 7) is 6.47. The molecule has 3 N–H and O–H groups in total. The van der Waals surface area contributed by atoms with Gasteiger partial charge in [0, 0.05) is 45.6 Å². The number of aromatic hydroxyl groups is 1. The molecule has 222 valence electrons. The molecule has 0 radical (unpaired) electrons. The lowest BCUT2D eigenvalue weighted by molar-refractivity contribution is 0.251. The van der Waals surface area contributed by atoms with Crippen LogP contribution < -0.4 is 10.6 Å². The van der Waals surface area contributed by atoms with E-state index >= 15 is 0 Å². The molecule has 0 saturated heterocycles. The van der Waals surface area contributed by atoms with Gasteiger partial charge in [0.15, 0.2) is 11.5 Å². The van der Waals surface area contributed by atoms with Crippen LogP contribution in [0, 0.1) is 0 Å². The van der Waals surface area contributed by atoms with Crippen molar-refractivity contribution in [2.45, 2.75) is 42.5 Å². The van der Waals surface area contributed by atoms with Crippen LogP contribution in [0.3, 0.4) is 0 Å². The third-order valence-electron chi connectivity index (χ3n) is 6.92. The maximum absolute atomic E-state index is 13.1. The number of aromatic nitrogens is 5. The van der Waals surface area contributed by atoms with Crippen LogP contribution in [0.5, 0.6) is 5.75 Å². The van der Waals surface area contributed by atoms with E-state index in [2.05, 4.69) is 41.6 Å². The Hall–Kier alpha value is -4.80. The highest BCUT2D eigenvalue weighted by Gasteiger charge is 2.22. The van der Waals surface area contributed by atoms with Gasteiger partial charge in [0.05, 0.1) is 16.4 Å². The van der Waals surface area contributed by atoms with E-state index in [4.69, 9.17) is 16.7 Å². The zero-order valence-corrected chi connectivity index (χ0v) is 25.9. The first-order valence-electron chi connectivity index (χ1n) is 14.0. The van der Waals surface area contributed by atoms with E-state index in [1.54, 1.807) is 34.6 Å². The molecule has 6 aromatic rings. The first kappa shape index (κ1) is 29.3. The maximum atomic E-state index is 13.1. The number of amides is 2. The Labute approximate surface area is 263 Å². The van der Waals surface area contributed by atoms with Crippen LogP contribution in [-0.2, 0) is 12.0 Å². The minimum absolute atomic E-state index is 0.114. The number of phenols is 1. The van der Waals surface area contributed by atoms with Gasteiger partial charge in [-0.15, -0.1) is 10.2 Å². The molecule has 0 aliphatic carbocycles. The quantitative estimate of drug-likeness (QED) is 0.168. The van der Waals surface area contributed by atoms with Crippen LogP contribution in [0.1, 0.15) is 32.0 Å². The summed E-state index contributed by atoms with van der Waals surface area (Å²) in [5, 5.41) is 29.9. The van der Waals surface area contributed by atoms with Crippen molar-refractivity contribution in [3.63, 3.8) is 0 Å². The Morgan fingerprint density at radius 2 is 1.75 bits per heavy atom. The Morgan fingerprint density at radius 1 is 0.955 bits per heavy atom. The Kier molecular flexibility index (Phi) is 8.03. The Morgan fingerprint density at radius 3 is 2.55 bits per heavy atom. The van der Waals surface area contributed by atoms with Crippen molar-refractivity contribution < 1.29 is 9.90 Å². The molecule has 0 unspecified atom stereocenters. The minimum atomic E-state index is -0.373. The number of hydrogen-bond donors (Lipinski definition) is 3. The maximum Gasteiger partial charge on any atom is 0.320 e. The van der Waals surface area contributed by atoms with Gasteiger partial charge >= 0.3 is 6.03 Å². The monoisotopic (exact) mass is 623 g/mol. The number of hydrogen-bond acceptors (Lipinski definition) is 6. The largest absolute Gasteiger partial charge is 0.508 e. The summed E-state index contributed by atoms with van der Waals surface area (Å²) >= 11 is 8.03. The number of carbonyl (C=O) groups is 1. The van der Waals surface area contributed by atoms with E-state index in [1.165, 1.54) is 0 Å². The van der Waals surface area contributed by atoms with Crippen LogP contribution in [0.4, 0.5) is 10.6 Å². The SMILES string of the molecule is CC(C)(C)c1cc(NC(=O)NCc2ccccc2Sc2ccc3nnc(-c4ccccc4Cl)n3c2)n(-c2cccc(O)c2)n1. The van der Waals surface area contributed by atoms with Gasteiger partial charge in [-0.2, -0.15) is 5.10 Å². The van der Waals surface area contributed by atoms with Crippen molar-refractivity contribution in [3.05, 3.63) is 113 Å².